The maximum atomic E-state index is 6.30. The van der Waals surface area contributed by atoms with Gasteiger partial charge in [0.25, 0.3) is 0 Å². The average Bonchev–Trinajstić information content (AvgIpc) is 3.82. The summed E-state index contributed by atoms with van der Waals surface area (Å²) in [6, 6.07) is 48.8. The first-order chi connectivity index (χ1) is 23.8. The fourth-order valence-corrected chi connectivity index (χ4v) is 8.82. The first kappa shape index (κ1) is 26.0. The molecule has 7 aromatic carbocycles. The van der Waals surface area contributed by atoms with Crippen LogP contribution in [0.4, 0.5) is 0 Å². The zero-order valence-electron chi connectivity index (χ0n) is 25.4. The van der Waals surface area contributed by atoms with Gasteiger partial charge in [-0.1, -0.05) is 115 Å². The second kappa shape index (κ2) is 9.67. The van der Waals surface area contributed by atoms with Gasteiger partial charge in [-0.15, -0.1) is 11.3 Å². The molecule has 0 unspecified atom stereocenters. The molecule has 0 saturated heterocycles. The van der Waals surface area contributed by atoms with Crippen molar-refractivity contribution in [3.63, 3.8) is 0 Å². The van der Waals surface area contributed by atoms with Crippen LogP contribution < -0.4 is 0 Å². The van der Waals surface area contributed by atoms with Crippen molar-refractivity contribution < 1.29 is 4.42 Å². The summed E-state index contributed by atoms with van der Waals surface area (Å²) in [5, 5.41) is 6.96. The Bertz CT molecular complexity index is 2950. The van der Waals surface area contributed by atoms with Crippen molar-refractivity contribution in [2.45, 2.75) is 0 Å². The molecular formula is C43H23N3OS. The molecule has 0 bridgehead atoms. The number of hydrogen-bond acceptors (Lipinski definition) is 5. The van der Waals surface area contributed by atoms with E-state index in [4.69, 9.17) is 19.4 Å². The lowest BCUT2D eigenvalue weighted by Gasteiger charge is -2.14. The number of furan rings is 1. The van der Waals surface area contributed by atoms with Gasteiger partial charge in [-0.05, 0) is 51.7 Å². The van der Waals surface area contributed by atoms with E-state index in [1.165, 1.54) is 53.2 Å². The van der Waals surface area contributed by atoms with Gasteiger partial charge in [0.05, 0.1) is 0 Å². The monoisotopic (exact) mass is 629 g/mol. The van der Waals surface area contributed by atoms with Crippen LogP contribution in [0.25, 0.3) is 109 Å². The molecule has 0 aliphatic heterocycles. The second-order valence-electron chi connectivity index (χ2n) is 12.3. The Hall–Kier alpha value is -6.17. The first-order valence-electron chi connectivity index (χ1n) is 16.0. The van der Waals surface area contributed by atoms with E-state index in [0.29, 0.717) is 17.5 Å². The highest BCUT2D eigenvalue weighted by atomic mass is 32.1. The Labute approximate surface area is 278 Å². The minimum atomic E-state index is 0.620. The fraction of sp³-hybridized carbons (Fsp3) is 0. The molecule has 0 saturated carbocycles. The largest absolute Gasteiger partial charge is 0.456 e. The molecule has 1 aliphatic carbocycles. The predicted octanol–water partition coefficient (Wildman–Crippen LogP) is 11.9. The van der Waals surface area contributed by atoms with Crippen LogP contribution in [0.5, 0.6) is 0 Å². The van der Waals surface area contributed by atoms with Crippen molar-refractivity contribution in [1.29, 1.82) is 0 Å². The summed E-state index contributed by atoms with van der Waals surface area (Å²) < 4.78 is 8.77. The molecule has 222 valence electrons. The van der Waals surface area contributed by atoms with E-state index < -0.39 is 0 Å². The Morgan fingerprint density at radius 2 is 1.10 bits per heavy atom. The Balaban J connectivity index is 1.31. The zero-order valence-corrected chi connectivity index (χ0v) is 26.3. The van der Waals surface area contributed by atoms with Gasteiger partial charge in [0, 0.05) is 53.2 Å². The third-order valence-corrected chi connectivity index (χ3v) is 10.8. The van der Waals surface area contributed by atoms with Gasteiger partial charge < -0.3 is 4.42 Å². The van der Waals surface area contributed by atoms with Crippen LogP contribution in [0, 0.1) is 0 Å². The van der Waals surface area contributed by atoms with Crippen LogP contribution in [0.2, 0.25) is 0 Å². The van der Waals surface area contributed by atoms with Gasteiger partial charge >= 0.3 is 0 Å². The lowest BCUT2D eigenvalue weighted by atomic mass is 9.93. The van der Waals surface area contributed by atoms with E-state index in [9.17, 15) is 0 Å². The molecule has 0 amide bonds. The highest BCUT2D eigenvalue weighted by molar-refractivity contribution is 7.26. The summed E-state index contributed by atoms with van der Waals surface area (Å²) in [6.07, 6.45) is 0. The van der Waals surface area contributed by atoms with Crippen molar-refractivity contribution in [3.8, 4) is 56.4 Å². The normalized spacial score (nSPS) is 12.2. The molecule has 48 heavy (non-hydrogen) atoms. The lowest BCUT2D eigenvalue weighted by Crippen LogP contribution is -2.02. The topological polar surface area (TPSA) is 51.8 Å². The summed E-state index contributed by atoms with van der Waals surface area (Å²) in [7, 11) is 0. The molecule has 3 aromatic heterocycles. The maximum absolute atomic E-state index is 6.30. The second-order valence-corrected chi connectivity index (χ2v) is 13.4. The lowest BCUT2D eigenvalue weighted by molar-refractivity contribution is 0.669. The van der Waals surface area contributed by atoms with Crippen molar-refractivity contribution in [2.75, 3.05) is 0 Å². The standard InChI is InChI=1S/C43H23N3OS/c1-2-11-25(12-3-1)41-44-42(30-19-10-21-33-37(30)27-15-4-6-20-32(27)47-33)46-43(45-41)40-38-29-18-9-14-24-13-8-17-26(36(24)29)31(38)23-35-39(40)28-16-5-7-22-34(28)48-35/h1-23H. The van der Waals surface area contributed by atoms with E-state index >= 15 is 0 Å². The van der Waals surface area contributed by atoms with Crippen LogP contribution in [0.3, 0.4) is 0 Å². The van der Waals surface area contributed by atoms with Crippen LogP contribution in [0.1, 0.15) is 0 Å². The Morgan fingerprint density at radius 1 is 0.417 bits per heavy atom. The molecule has 4 nitrogen and oxygen atoms in total. The van der Waals surface area contributed by atoms with Crippen molar-refractivity contribution in [1.82, 2.24) is 15.0 Å². The molecule has 5 heteroatoms. The summed E-state index contributed by atoms with van der Waals surface area (Å²) >= 11 is 1.83. The first-order valence-corrected chi connectivity index (χ1v) is 16.8. The number of nitrogens with zero attached hydrogens (tertiary/aromatic N) is 3. The molecule has 0 radical (unpaired) electrons. The third-order valence-electron chi connectivity index (χ3n) is 9.67. The minimum Gasteiger partial charge on any atom is -0.456 e. The van der Waals surface area contributed by atoms with Crippen molar-refractivity contribution in [3.05, 3.63) is 140 Å². The van der Waals surface area contributed by atoms with E-state index in [1.807, 2.05) is 59.9 Å². The van der Waals surface area contributed by atoms with Gasteiger partial charge in [-0.3, -0.25) is 0 Å². The average molecular weight is 630 g/mol. The zero-order chi connectivity index (χ0) is 31.3. The number of thiophene rings is 1. The summed E-state index contributed by atoms with van der Waals surface area (Å²) in [6.45, 7) is 0. The highest BCUT2D eigenvalue weighted by Crippen LogP contribution is 2.55. The summed E-state index contributed by atoms with van der Waals surface area (Å²) in [5.41, 5.74) is 9.44. The van der Waals surface area contributed by atoms with Crippen LogP contribution >= 0.6 is 11.3 Å². The quantitative estimate of drug-likeness (QED) is 0.195. The van der Waals surface area contributed by atoms with Gasteiger partial charge in [-0.2, -0.15) is 0 Å². The number of rotatable bonds is 3. The number of para-hydroxylation sites is 1. The minimum absolute atomic E-state index is 0.620. The van der Waals surface area contributed by atoms with Crippen LogP contribution in [-0.2, 0) is 0 Å². The Kier molecular flexibility index (Phi) is 5.23. The number of hydrogen-bond donors (Lipinski definition) is 0. The third kappa shape index (κ3) is 3.56. The Morgan fingerprint density at radius 3 is 2.00 bits per heavy atom. The van der Waals surface area contributed by atoms with Crippen molar-refractivity contribution in [2.24, 2.45) is 0 Å². The van der Waals surface area contributed by atoms with Gasteiger partial charge in [-0.25, -0.2) is 15.0 Å². The van der Waals surface area contributed by atoms with Gasteiger partial charge in [0.15, 0.2) is 17.5 Å². The number of fused-ring (bicyclic) bond motifs is 9. The van der Waals surface area contributed by atoms with Crippen LogP contribution in [0.15, 0.2) is 144 Å². The highest BCUT2D eigenvalue weighted by Gasteiger charge is 2.30. The van der Waals surface area contributed by atoms with Crippen molar-refractivity contribution >= 4 is 64.2 Å². The smallest absolute Gasteiger partial charge is 0.165 e. The molecule has 11 rings (SSSR count). The van der Waals surface area contributed by atoms with E-state index in [-0.39, 0.29) is 0 Å². The molecule has 1 aliphatic rings. The fourth-order valence-electron chi connectivity index (χ4n) is 7.66. The molecule has 0 atom stereocenters. The number of aromatic nitrogens is 3. The summed E-state index contributed by atoms with van der Waals surface area (Å²) in [5.74, 6) is 1.92. The molecule has 0 fully saturated rings. The van der Waals surface area contributed by atoms with E-state index in [0.717, 1.165) is 38.6 Å². The molecule has 3 heterocycles. The molecule has 10 aromatic rings. The predicted molar refractivity (Wildman–Crippen MR) is 198 cm³/mol. The SMILES string of the molecule is c1ccc(-c2nc(-c3cccc4oc5ccccc5c34)nc(-c3c4c(cc5sc6ccccc6c35)-c3cccc5cccc-4c35)n2)cc1. The van der Waals surface area contributed by atoms with Crippen LogP contribution in [-0.4, -0.2) is 15.0 Å². The maximum Gasteiger partial charge on any atom is 0.165 e. The summed E-state index contributed by atoms with van der Waals surface area (Å²) in [4.78, 5) is 15.9. The van der Waals surface area contributed by atoms with E-state index in [1.54, 1.807) is 0 Å². The van der Waals surface area contributed by atoms with Gasteiger partial charge in [0.1, 0.15) is 11.2 Å². The molecule has 0 N–H and O–H groups in total. The van der Waals surface area contributed by atoms with E-state index in [2.05, 4.69) is 91.0 Å². The number of benzene rings is 7. The molecule has 0 spiro atoms. The van der Waals surface area contributed by atoms with Gasteiger partial charge in [0.2, 0.25) is 0 Å². The molecular weight excluding hydrogens is 607 g/mol.